The first-order chi connectivity index (χ1) is 15.5. The molecule has 11 heteroatoms. The fourth-order valence-corrected chi connectivity index (χ4v) is 5.28. The van der Waals surface area contributed by atoms with E-state index in [0.717, 1.165) is 37.5 Å². The number of alkyl halides is 3. The van der Waals surface area contributed by atoms with Crippen LogP contribution in [0.1, 0.15) is 40.7 Å². The quantitative estimate of drug-likeness (QED) is 0.626. The molecule has 0 saturated carbocycles. The fourth-order valence-electron chi connectivity index (χ4n) is 3.51. The lowest BCUT2D eigenvalue weighted by atomic mass is 10.1. The summed E-state index contributed by atoms with van der Waals surface area (Å²) in [5, 5.41) is 2.41. The molecule has 0 aromatic heterocycles. The predicted molar refractivity (Wildman–Crippen MR) is 114 cm³/mol. The highest BCUT2D eigenvalue weighted by atomic mass is 32.2. The van der Waals surface area contributed by atoms with Crippen LogP contribution in [-0.2, 0) is 25.7 Å². The molecule has 2 aromatic carbocycles. The Morgan fingerprint density at radius 3 is 2.39 bits per heavy atom. The van der Waals surface area contributed by atoms with E-state index in [1.54, 1.807) is 6.92 Å². The number of aryl methyl sites for hydroxylation is 1. The lowest BCUT2D eigenvalue weighted by molar-refractivity contribution is -0.138. The number of esters is 1. The van der Waals surface area contributed by atoms with Crippen molar-refractivity contribution >= 4 is 27.6 Å². The molecular formula is C22H23F3N2O5S. The van der Waals surface area contributed by atoms with Crippen molar-refractivity contribution in [3.05, 3.63) is 59.2 Å². The van der Waals surface area contributed by atoms with Crippen LogP contribution < -0.4 is 5.32 Å². The second-order valence-electron chi connectivity index (χ2n) is 7.61. The first-order valence-electron chi connectivity index (χ1n) is 10.2. The van der Waals surface area contributed by atoms with Gasteiger partial charge in [0.25, 0.3) is 5.91 Å². The molecule has 0 aliphatic carbocycles. The molecule has 0 radical (unpaired) electrons. The molecule has 3 rings (SSSR count). The van der Waals surface area contributed by atoms with Gasteiger partial charge in [-0.1, -0.05) is 24.6 Å². The van der Waals surface area contributed by atoms with Crippen LogP contribution in [0.5, 0.6) is 0 Å². The molecule has 1 aliphatic rings. The van der Waals surface area contributed by atoms with Gasteiger partial charge in [-0.3, -0.25) is 4.79 Å². The number of nitrogens with zero attached hydrogens (tertiary/aromatic N) is 1. The second kappa shape index (κ2) is 9.92. The van der Waals surface area contributed by atoms with Gasteiger partial charge in [0.1, 0.15) is 0 Å². The molecule has 1 saturated heterocycles. The van der Waals surface area contributed by atoms with Crippen molar-refractivity contribution in [2.45, 2.75) is 37.3 Å². The molecule has 0 unspecified atom stereocenters. The summed E-state index contributed by atoms with van der Waals surface area (Å²) in [6.45, 7) is 1.65. The monoisotopic (exact) mass is 484 g/mol. The Morgan fingerprint density at radius 2 is 1.73 bits per heavy atom. The maximum atomic E-state index is 13.1. The Labute approximate surface area is 189 Å². The Kier molecular flexibility index (Phi) is 7.43. The van der Waals surface area contributed by atoms with Crippen LogP contribution >= 0.6 is 0 Å². The zero-order chi connectivity index (χ0) is 24.2. The van der Waals surface area contributed by atoms with Crippen LogP contribution in [0.25, 0.3) is 0 Å². The van der Waals surface area contributed by atoms with Crippen LogP contribution in [0.15, 0.2) is 47.4 Å². The standard InChI is InChI=1S/C22H23F3N2O5S/c1-15-9-10-16(13-19(15)33(30,31)27-11-5-2-6-12-27)26-20(28)14-32-21(29)17-7-3-4-8-18(17)22(23,24)25/h3-4,7-10,13H,2,5-6,11-12,14H2,1H3,(H,26,28). The van der Waals surface area contributed by atoms with Gasteiger partial charge >= 0.3 is 12.1 Å². The number of amides is 1. The third kappa shape index (κ3) is 5.91. The van der Waals surface area contributed by atoms with E-state index in [9.17, 15) is 31.2 Å². The van der Waals surface area contributed by atoms with Crippen LogP contribution in [0.4, 0.5) is 18.9 Å². The molecule has 7 nitrogen and oxygen atoms in total. The molecule has 178 valence electrons. The van der Waals surface area contributed by atoms with Crippen molar-refractivity contribution in [1.29, 1.82) is 0 Å². The summed E-state index contributed by atoms with van der Waals surface area (Å²) in [6.07, 6.45) is -2.24. The van der Waals surface area contributed by atoms with E-state index in [1.807, 2.05) is 0 Å². The van der Waals surface area contributed by atoms with Gasteiger partial charge in [-0.25, -0.2) is 13.2 Å². The van der Waals surface area contributed by atoms with Gasteiger partial charge in [0.15, 0.2) is 6.61 Å². The number of anilines is 1. The van der Waals surface area contributed by atoms with Gasteiger partial charge in [0, 0.05) is 18.8 Å². The predicted octanol–water partition coefficient (Wildman–Crippen LogP) is 3.98. The summed E-state index contributed by atoms with van der Waals surface area (Å²) in [5.41, 5.74) is -1.20. The zero-order valence-corrected chi connectivity index (χ0v) is 18.6. The van der Waals surface area contributed by atoms with E-state index >= 15 is 0 Å². The molecule has 2 aromatic rings. The maximum absolute atomic E-state index is 13.1. The van der Waals surface area contributed by atoms with Crippen LogP contribution in [0.2, 0.25) is 0 Å². The number of nitrogens with one attached hydrogen (secondary N) is 1. The summed E-state index contributed by atoms with van der Waals surface area (Å²) in [4.78, 5) is 24.3. The lowest BCUT2D eigenvalue weighted by Crippen LogP contribution is -2.36. The third-order valence-corrected chi connectivity index (χ3v) is 7.23. The van der Waals surface area contributed by atoms with Crippen molar-refractivity contribution in [2.75, 3.05) is 25.0 Å². The Morgan fingerprint density at radius 1 is 1.06 bits per heavy atom. The van der Waals surface area contributed by atoms with Crippen LogP contribution in [0, 0.1) is 6.92 Å². The number of ether oxygens (including phenoxy) is 1. The molecule has 33 heavy (non-hydrogen) atoms. The number of carbonyl (C=O) groups excluding carboxylic acids is 2. The van der Waals surface area contributed by atoms with Crippen molar-refractivity contribution in [1.82, 2.24) is 4.31 Å². The number of hydrogen-bond donors (Lipinski definition) is 1. The number of carbonyl (C=O) groups is 2. The largest absolute Gasteiger partial charge is 0.452 e. The van der Waals surface area contributed by atoms with Crippen molar-refractivity contribution < 1.29 is 35.9 Å². The average molecular weight is 484 g/mol. The summed E-state index contributed by atoms with van der Waals surface area (Å²) in [7, 11) is -3.74. The van der Waals surface area contributed by atoms with Gasteiger partial charge in [0.2, 0.25) is 10.0 Å². The molecule has 1 N–H and O–H groups in total. The highest BCUT2D eigenvalue weighted by Crippen LogP contribution is 2.32. The minimum absolute atomic E-state index is 0.0540. The fraction of sp³-hybridized carbons (Fsp3) is 0.364. The number of benzene rings is 2. The highest BCUT2D eigenvalue weighted by Gasteiger charge is 2.35. The van der Waals surface area contributed by atoms with Crippen molar-refractivity contribution in [2.24, 2.45) is 0 Å². The summed E-state index contributed by atoms with van der Waals surface area (Å²) in [5.74, 6) is -2.12. The number of hydrogen-bond acceptors (Lipinski definition) is 5. The van der Waals surface area contributed by atoms with Crippen molar-refractivity contribution in [3.8, 4) is 0 Å². The first kappa shape index (κ1) is 24.7. The van der Waals surface area contributed by atoms with Gasteiger partial charge in [-0.2, -0.15) is 17.5 Å². The topological polar surface area (TPSA) is 92.8 Å². The first-order valence-corrected chi connectivity index (χ1v) is 11.7. The Balaban J connectivity index is 1.68. The van der Waals surface area contributed by atoms with E-state index in [0.29, 0.717) is 18.7 Å². The second-order valence-corrected chi connectivity index (χ2v) is 9.52. The average Bonchev–Trinajstić information content (AvgIpc) is 2.78. The summed E-state index contributed by atoms with van der Waals surface area (Å²) < 4.78 is 71.3. The molecule has 1 amide bonds. The zero-order valence-electron chi connectivity index (χ0n) is 17.8. The van der Waals surface area contributed by atoms with Gasteiger partial charge in [-0.15, -0.1) is 0 Å². The lowest BCUT2D eigenvalue weighted by Gasteiger charge is -2.26. The molecule has 0 spiro atoms. The van der Waals surface area contributed by atoms with E-state index < -0.39 is 45.8 Å². The highest BCUT2D eigenvalue weighted by molar-refractivity contribution is 7.89. The normalized spacial score (nSPS) is 15.2. The van der Waals surface area contributed by atoms with E-state index in [2.05, 4.69) is 5.32 Å². The minimum Gasteiger partial charge on any atom is -0.452 e. The van der Waals surface area contributed by atoms with E-state index in [4.69, 9.17) is 4.74 Å². The molecule has 0 atom stereocenters. The Bertz CT molecular complexity index is 1140. The van der Waals surface area contributed by atoms with E-state index in [1.165, 1.54) is 28.6 Å². The number of piperidine rings is 1. The summed E-state index contributed by atoms with van der Waals surface area (Å²) in [6, 6.07) is 8.44. The van der Waals surface area contributed by atoms with Crippen molar-refractivity contribution in [3.63, 3.8) is 0 Å². The maximum Gasteiger partial charge on any atom is 0.417 e. The number of rotatable bonds is 6. The molecule has 0 bridgehead atoms. The minimum atomic E-state index is -4.75. The van der Waals surface area contributed by atoms with Crippen LogP contribution in [0.3, 0.4) is 0 Å². The third-order valence-electron chi connectivity index (χ3n) is 5.19. The number of halogens is 3. The summed E-state index contributed by atoms with van der Waals surface area (Å²) >= 11 is 0. The molecular weight excluding hydrogens is 461 g/mol. The van der Waals surface area contributed by atoms with Gasteiger partial charge < -0.3 is 10.1 Å². The SMILES string of the molecule is Cc1ccc(NC(=O)COC(=O)c2ccccc2C(F)(F)F)cc1S(=O)(=O)N1CCCCC1. The van der Waals surface area contributed by atoms with Gasteiger partial charge in [0.05, 0.1) is 16.0 Å². The van der Waals surface area contributed by atoms with Gasteiger partial charge in [-0.05, 0) is 49.6 Å². The Hall–Kier alpha value is -2.92. The molecule has 1 heterocycles. The molecule has 1 fully saturated rings. The van der Waals surface area contributed by atoms with Crippen LogP contribution in [-0.4, -0.2) is 44.3 Å². The molecule has 1 aliphatic heterocycles. The smallest absolute Gasteiger partial charge is 0.417 e. The number of sulfonamides is 1. The van der Waals surface area contributed by atoms with E-state index in [-0.39, 0.29) is 10.6 Å².